The molecule has 1 aliphatic rings. The molecule has 6 nitrogen and oxygen atoms in total. The van der Waals surface area contributed by atoms with Gasteiger partial charge in [-0.05, 0) is 17.7 Å². The molecule has 1 aliphatic heterocycles. The average molecular weight is 378 g/mol. The molecular formula is C19H20ClNO5. The molecule has 0 N–H and O–H groups in total. The van der Waals surface area contributed by atoms with Gasteiger partial charge in [0.1, 0.15) is 11.1 Å². The largest absolute Gasteiger partial charge is 0.497 e. The first-order valence-corrected chi connectivity index (χ1v) is 8.40. The zero-order valence-corrected chi connectivity index (χ0v) is 15.7. The van der Waals surface area contributed by atoms with Crippen LogP contribution in [-0.4, -0.2) is 39.7 Å². The van der Waals surface area contributed by atoms with Crippen LogP contribution in [0.2, 0.25) is 0 Å². The molecule has 0 aliphatic carbocycles. The standard InChI is InChI=1S/C19H20ClNO5/c1-23-13-7-5-11(6-8-13)17-16(20)19(22)21(17)12-9-14(24-2)18(26-4)15(10-12)25-3/h5-10,16-17H,1-4H3. The highest BCUT2D eigenvalue weighted by atomic mass is 35.5. The first-order valence-electron chi connectivity index (χ1n) is 7.96. The molecule has 2 aromatic rings. The van der Waals surface area contributed by atoms with Gasteiger partial charge in [0.15, 0.2) is 11.5 Å². The maximum Gasteiger partial charge on any atom is 0.248 e. The van der Waals surface area contributed by atoms with E-state index in [9.17, 15) is 4.79 Å². The van der Waals surface area contributed by atoms with Crippen molar-refractivity contribution < 1.29 is 23.7 Å². The van der Waals surface area contributed by atoms with Gasteiger partial charge in [-0.25, -0.2) is 0 Å². The minimum absolute atomic E-state index is 0.179. The lowest BCUT2D eigenvalue weighted by molar-refractivity contribution is -0.123. The molecule has 7 heteroatoms. The molecule has 0 saturated carbocycles. The van der Waals surface area contributed by atoms with E-state index in [1.165, 1.54) is 21.3 Å². The van der Waals surface area contributed by atoms with E-state index in [0.29, 0.717) is 22.9 Å². The highest BCUT2D eigenvalue weighted by Gasteiger charge is 2.48. The van der Waals surface area contributed by atoms with Gasteiger partial charge in [-0.3, -0.25) is 4.79 Å². The summed E-state index contributed by atoms with van der Waals surface area (Å²) in [6, 6.07) is 10.7. The van der Waals surface area contributed by atoms with Crippen LogP contribution in [0.1, 0.15) is 11.6 Å². The Morgan fingerprint density at radius 1 is 0.885 bits per heavy atom. The fraction of sp³-hybridized carbons (Fsp3) is 0.316. The van der Waals surface area contributed by atoms with E-state index in [2.05, 4.69) is 0 Å². The number of rotatable bonds is 6. The van der Waals surface area contributed by atoms with E-state index in [1.807, 2.05) is 24.3 Å². The molecule has 26 heavy (non-hydrogen) atoms. The van der Waals surface area contributed by atoms with Crippen LogP contribution in [-0.2, 0) is 4.79 Å². The lowest BCUT2D eigenvalue weighted by Crippen LogP contribution is -2.56. The van der Waals surface area contributed by atoms with Crippen molar-refractivity contribution in [3.05, 3.63) is 42.0 Å². The highest BCUT2D eigenvalue weighted by molar-refractivity contribution is 6.37. The molecule has 0 bridgehead atoms. The molecule has 1 heterocycles. The topological polar surface area (TPSA) is 57.2 Å². The molecule has 0 aromatic heterocycles. The van der Waals surface area contributed by atoms with Gasteiger partial charge in [0, 0.05) is 12.1 Å². The van der Waals surface area contributed by atoms with Crippen LogP contribution in [0.3, 0.4) is 0 Å². The zero-order chi connectivity index (χ0) is 18.8. The molecule has 1 saturated heterocycles. The first kappa shape index (κ1) is 18.2. The third kappa shape index (κ3) is 2.90. The minimum atomic E-state index is -0.637. The summed E-state index contributed by atoms with van der Waals surface area (Å²) in [6.07, 6.45) is 0. The summed E-state index contributed by atoms with van der Waals surface area (Å²) in [4.78, 5) is 14.1. The number of alkyl halides is 1. The molecule has 2 unspecified atom stereocenters. The van der Waals surface area contributed by atoms with Crippen LogP contribution in [0.15, 0.2) is 36.4 Å². The normalized spacial score (nSPS) is 19.0. The monoisotopic (exact) mass is 377 g/mol. The van der Waals surface area contributed by atoms with Gasteiger partial charge in [-0.15, -0.1) is 11.6 Å². The van der Waals surface area contributed by atoms with E-state index in [0.717, 1.165) is 11.3 Å². The van der Waals surface area contributed by atoms with Gasteiger partial charge in [-0.2, -0.15) is 0 Å². The third-order valence-electron chi connectivity index (χ3n) is 4.41. The van der Waals surface area contributed by atoms with Crippen molar-refractivity contribution in [2.75, 3.05) is 33.3 Å². The molecule has 1 fully saturated rings. The summed E-state index contributed by atoms with van der Waals surface area (Å²) in [5, 5.41) is -0.637. The second-order valence-electron chi connectivity index (χ2n) is 5.71. The summed E-state index contributed by atoms with van der Waals surface area (Å²) in [6.45, 7) is 0. The summed E-state index contributed by atoms with van der Waals surface area (Å²) in [5.74, 6) is 1.98. The van der Waals surface area contributed by atoms with Gasteiger partial charge >= 0.3 is 0 Å². The number of anilines is 1. The molecule has 1 amide bonds. The van der Waals surface area contributed by atoms with Crippen molar-refractivity contribution in [3.8, 4) is 23.0 Å². The second kappa shape index (κ2) is 7.33. The van der Waals surface area contributed by atoms with Crippen LogP contribution >= 0.6 is 11.6 Å². The van der Waals surface area contributed by atoms with E-state index in [1.54, 1.807) is 24.1 Å². The van der Waals surface area contributed by atoms with Gasteiger partial charge in [0.25, 0.3) is 0 Å². The Kier molecular flexibility index (Phi) is 5.13. The predicted octanol–water partition coefficient (Wildman–Crippen LogP) is 3.42. The summed E-state index contributed by atoms with van der Waals surface area (Å²) < 4.78 is 21.3. The molecule has 138 valence electrons. The van der Waals surface area contributed by atoms with E-state index < -0.39 is 5.38 Å². The maximum atomic E-state index is 12.5. The number of carbonyl (C=O) groups excluding carboxylic acids is 1. The van der Waals surface area contributed by atoms with Gasteiger partial charge in [0.05, 0.1) is 40.2 Å². The van der Waals surface area contributed by atoms with Crippen LogP contribution in [0, 0.1) is 0 Å². The van der Waals surface area contributed by atoms with Crippen LogP contribution in [0.4, 0.5) is 5.69 Å². The van der Waals surface area contributed by atoms with Crippen LogP contribution in [0.25, 0.3) is 0 Å². The Hall–Kier alpha value is -2.60. The quantitative estimate of drug-likeness (QED) is 0.570. The number of methoxy groups -OCH3 is 4. The second-order valence-corrected chi connectivity index (χ2v) is 6.18. The SMILES string of the molecule is COc1ccc(C2C(Cl)C(=O)N2c2cc(OC)c(OC)c(OC)c2)cc1. The van der Waals surface area contributed by atoms with Crippen molar-refractivity contribution in [1.29, 1.82) is 0 Å². The molecular weight excluding hydrogens is 358 g/mol. The van der Waals surface area contributed by atoms with Crippen LogP contribution < -0.4 is 23.8 Å². The molecule has 3 rings (SSSR count). The Balaban J connectivity index is 2.02. The Morgan fingerprint density at radius 2 is 1.46 bits per heavy atom. The van der Waals surface area contributed by atoms with E-state index in [4.69, 9.17) is 30.5 Å². The van der Waals surface area contributed by atoms with E-state index >= 15 is 0 Å². The lowest BCUT2D eigenvalue weighted by atomic mass is 9.92. The fourth-order valence-electron chi connectivity index (χ4n) is 3.07. The van der Waals surface area contributed by atoms with Crippen molar-refractivity contribution in [2.24, 2.45) is 0 Å². The van der Waals surface area contributed by atoms with Crippen molar-refractivity contribution in [1.82, 2.24) is 0 Å². The van der Waals surface area contributed by atoms with Crippen molar-refractivity contribution in [3.63, 3.8) is 0 Å². The number of halogens is 1. The summed E-state index contributed by atoms with van der Waals surface area (Å²) >= 11 is 6.31. The van der Waals surface area contributed by atoms with Gasteiger partial charge < -0.3 is 23.8 Å². The van der Waals surface area contributed by atoms with Crippen molar-refractivity contribution >= 4 is 23.2 Å². The smallest absolute Gasteiger partial charge is 0.248 e. The number of amides is 1. The molecule has 2 aromatic carbocycles. The Morgan fingerprint density at radius 3 is 1.92 bits per heavy atom. The Labute approximate surface area is 157 Å². The third-order valence-corrected chi connectivity index (χ3v) is 4.84. The van der Waals surface area contributed by atoms with Gasteiger partial charge in [-0.1, -0.05) is 12.1 Å². The molecule has 2 atom stereocenters. The number of carbonyl (C=O) groups is 1. The molecule has 0 radical (unpaired) electrons. The van der Waals surface area contributed by atoms with Crippen LogP contribution in [0.5, 0.6) is 23.0 Å². The summed E-state index contributed by atoms with van der Waals surface area (Å²) in [7, 11) is 6.20. The van der Waals surface area contributed by atoms with E-state index in [-0.39, 0.29) is 11.9 Å². The Bertz CT molecular complexity index is 783. The molecule has 0 spiro atoms. The average Bonchev–Trinajstić information content (AvgIpc) is 2.70. The maximum absolute atomic E-state index is 12.5. The highest BCUT2D eigenvalue weighted by Crippen LogP contribution is 2.47. The van der Waals surface area contributed by atoms with Gasteiger partial charge in [0.2, 0.25) is 11.7 Å². The lowest BCUT2D eigenvalue weighted by Gasteiger charge is -2.44. The number of β-lactam (4-membered cyclic amide) rings is 1. The first-order chi connectivity index (χ1) is 12.5. The minimum Gasteiger partial charge on any atom is -0.497 e. The number of hydrogen-bond donors (Lipinski definition) is 0. The number of ether oxygens (including phenoxy) is 4. The zero-order valence-electron chi connectivity index (χ0n) is 15.0. The van der Waals surface area contributed by atoms with Crippen molar-refractivity contribution in [2.45, 2.75) is 11.4 Å². The number of benzene rings is 2. The predicted molar refractivity (Wildman–Crippen MR) is 99.0 cm³/mol. The number of hydrogen-bond acceptors (Lipinski definition) is 5. The number of nitrogens with zero attached hydrogens (tertiary/aromatic N) is 1. The fourth-order valence-corrected chi connectivity index (χ4v) is 3.43. The summed E-state index contributed by atoms with van der Waals surface area (Å²) in [5.41, 5.74) is 1.54.